The predicted molar refractivity (Wildman–Crippen MR) is 111 cm³/mol. The van der Waals surface area contributed by atoms with Crippen molar-refractivity contribution >= 4 is 23.4 Å². The number of β-amino-alcohol motifs (C(OH)–C–C–N with tert-alkyl or cyclic N) is 1. The molecule has 1 amide bonds. The van der Waals surface area contributed by atoms with Gasteiger partial charge in [0, 0.05) is 38.8 Å². The van der Waals surface area contributed by atoms with Gasteiger partial charge in [-0.3, -0.25) is 9.69 Å². The molecule has 0 aromatic heterocycles. The van der Waals surface area contributed by atoms with Crippen molar-refractivity contribution in [2.24, 2.45) is 0 Å². The van der Waals surface area contributed by atoms with Crippen LogP contribution in [0.25, 0.3) is 6.08 Å². The fourth-order valence-electron chi connectivity index (χ4n) is 3.35. The van der Waals surface area contributed by atoms with Crippen molar-refractivity contribution < 1.29 is 23.1 Å². The molecule has 2 aromatic carbocycles. The Labute approximate surface area is 173 Å². The van der Waals surface area contributed by atoms with Gasteiger partial charge in [0.2, 0.25) is 5.91 Å². The SMILES string of the molecule is O=C(/C=C/c1ccccc1)Nc1cc(C(F)(F)F)ccc1N1CCN(CCO)CC1. The normalized spacial score (nSPS) is 15.5. The van der Waals surface area contributed by atoms with Crippen LogP contribution in [-0.2, 0) is 11.0 Å². The molecule has 160 valence electrons. The number of halogens is 3. The van der Waals surface area contributed by atoms with E-state index in [4.69, 9.17) is 5.11 Å². The molecule has 1 fully saturated rings. The number of hydrogen-bond acceptors (Lipinski definition) is 4. The molecule has 0 unspecified atom stereocenters. The topological polar surface area (TPSA) is 55.8 Å². The van der Waals surface area contributed by atoms with Crippen molar-refractivity contribution in [1.29, 1.82) is 0 Å². The first-order valence-electron chi connectivity index (χ1n) is 9.70. The van der Waals surface area contributed by atoms with Crippen molar-refractivity contribution in [2.45, 2.75) is 6.18 Å². The molecule has 0 atom stereocenters. The van der Waals surface area contributed by atoms with Crippen LogP contribution in [0.3, 0.4) is 0 Å². The molecule has 0 spiro atoms. The first-order chi connectivity index (χ1) is 14.4. The van der Waals surface area contributed by atoms with Crippen molar-refractivity contribution in [3.8, 4) is 0 Å². The molecule has 1 aliphatic rings. The number of aliphatic hydroxyl groups excluding tert-OH is 1. The highest BCUT2D eigenvalue weighted by molar-refractivity contribution is 6.04. The van der Waals surface area contributed by atoms with Crippen LogP contribution in [0.5, 0.6) is 0 Å². The molecule has 0 bridgehead atoms. The number of anilines is 2. The number of alkyl halides is 3. The molecule has 1 aliphatic heterocycles. The zero-order valence-corrected chi connectivity index (χ0v) is 16.4. The van der Waals surface area contributed by atoms with E-state index >= 15 is 0 Å². The van der Waals surface area contributed by atoms with Crippen LogP contribution in [0, 0.1) is 0 Å². The standard InChI is InChI=1S/C22H24F3N3O2/c23-22(24,25)18-7-8-20(28-12-10-27(11-13-28)14-15-29)19(16-18)26-21(30)9-6-17-4-2-1-3-5-17/h1-9,16,29H,10-15H2,(H,26,30)/b9-6+. The maximum atomic E-state index is 13.2. The fourth-order valence-corrected chi connectivity index (χ4v) is 3.35. The number of nitrogens with zero attached hydrogens (tertiary/aromatic N) is 2. The number of aliphatic hydroxyl groups is 1. The Hall–Kier alpha value is -2.84. The lowest BCUT2D eigenvalue weighted by Gasteiger charge is -2.36. The van der Waals surface area contributed by atoms with Gasteiger partial charge in [0.05, 0.1) is 23.5 Å². The summed E-state index contributed by atoms with van der Waals surface area (Å²) in [6, 6.07) is 12.6. The first-order valence-corrected chi connectivity index (χ1v) is 9.70. The summed E-state index contributed by atoms with van der Waals surface area (Å²) < 4.78 is 39.6. The van der Waals surface area contributed by atoms with Gasteiger partial charge in [-0.15, -0.1) is 0 Å². The summed E-state index contributed by atoms with van der Waals surface area (Å²) >= 11 is 0. The number of carbonyl (C=O) groups is 1. The van der Waals surface area contributed by atoms with Gasteiger partial charge in [0.25, 0.3) is 0 Å². The van der Waals surface area contributed by atoms with Crippen LogP contribution in [-0.4, -0.2) is 55.2 Å². The monoisotopic (exact) mass is 419 g/mol. The summed E-state index contributed by atoms with van der Waals surface area (Å²) in [5.74, 6) is -0.502. The largest absolute Gasteiger partial charge is 0.416 e. The van der Waals surface area contributed by atoms with E-state index in [1.165, 1.54) is 12.1 Å². The Kier molecular flexibility index (Phi) is 7.12. The van der Waals surface area contributed by atoms with Crippen LogP contribution in [0.15, 0.2) is 54.6 Å². The van der Waals surface area contributed by atoms with E-state index in [0.717, 1.165) is 17.7 Å². The van der Waals surface area contributed by atoms with Gasteiger partial charge in [0.1, 0.15) is 0 Å². The lowest BCUT2D eigenvalue weighted by Crippen LogP contribution is -2.47. The van der Waals surface area contributed by atoms with E-state index in [1.807, 2.05) is 35.2 Å². The second-order valence-corrected chi connectivity index (χ2v) is 7.02. The maximum absolute atomic E-state index is 13.2. The van der Waals surface area contributed by atoms with E-state index in [0.29, 0.717) is 38.4 Å². The minimum absolute atomic E-state index is 0.0648. The van der Waals surface area contributed by atoms with Crippen molar-refractivity contribution in [3.63, 3.8) is 0 Å². The molecule has 1 heterocycles. The van der Waals surface area contributed by atoms with Crippen molar-refractivity contribution in [2.75, 3.05) is 49.5 Å². The molecule has 0 saturated carbocycles. The number of carbonyl (C=O) groups excluding carboxylic acids is 1. The maximum Gasteiger partial charge on any atom is 0.416 e. The molecular formula is C22H24F3N3O2. The lowest BCUT2D eigenvalue weighted by molar-refractivity contribution is -0.137. The van der Waals surface area contributed by atoms with Gasteiger partial charge in [-0.05, 0) is 29.8 Å². The van der Waals surface area contributed by atoms with Crippen molar-refractivity contribution in [3.05, 3.63) is 65.7 Å². The molecule has 2 N–H and O–H groups in total. The Morgan fingerprint density at radius 2 is 1.77 bits per heavy atom. The Morgan fingerprint density at radius 3 is 2.40 bits per heavy atom. The Balaban J connectivity index is 1.79. The van der Waals surface area contributed by atoms with Gasteiger partial charge in [0.15, 0.2) is 0 Å². The zero-order chi connectivity index (χ0) is 21.6. The quantitative estimate of drug-likeness (QED) is 0.704. The fraction of sp³-hybridized carbons (Fsp3) is 0.318. The highest BCUT2D eigenvalue weighted by Crippen LogP contribution is 2.35. The summed E-state index contributed by atoms with van der Waals surface area (Å²) in [5.41, 5.74) is 0.681. The van der Waals surface area contributed by atoms with Crippen LogP contribution >= 0.6 is 0 Å². The third-order valence-corrected chi connectivity index (χ3v) is 4.94. The van der Waals surface area contributed by atoms with Gasteiger partial charge >= 0.3 is 6.18 Å². The molecular weight excluding hydrogens is 395 g/mol. The second kappa shape index (κ2) is 9.77. The minimum Gasteiger partial charge on any atom is -0.395 e. The first kappa shape index (κ1) is 21.9. The summed E-state index contributed by atoms with van der Waals surface area (Å²) in [6.07, 6.45) is -1.59. The molecule has 5 nitrogen and oxygen atoms in total. The predicted octanol–water partition coefficient (Wildman–Crippen LogP) is 3.47. The van der Waals surface area contributed by atoms with Gasteiger partial charge in [-0.25, -0.2) is 0 Å². The van der Waals surface area contributed by atoms with E-state index in [9.17, 15) is 18.0 Å². The summed E-state index contributed by atoms with van der Waals surface area (Å²) in [7, 11) is 0. The van der Waals surface area contributed by atoms with E-state index in [-0.39, 0.29) is 12.3 Å². The number of rotatable bonds is 6. The van der Waals surface area contributed by atoms with E-state index < -0.39 is 17.6 Å². The average molecular weight is 419 g/mol. The highest BCUT2D eigenvalue weighted by atomic mass is 19.4. The summed E-state index contributed by atoms with van der Waals surface area (Å²) in [5, 5.41) is 11.7. The van der Waals surface area contributed by atoms with Crippen LogP contribution in [0.2, 0.25) is 0 Å². The third-order valence-electron chi connectivity index (χ3n) is 4.94. The average Bonchev–Trinajstić information content (AvgIpc) is 2.73. The number of hydrogen-bond donors (Lipinski definition) is 2. The number of benzene rings is 2. The zero-order valence-electron chi connectivity index (χ0n) is 16.4. The Morgan fingerprint density at radius 1 is 1.07 bits per heavy atom. The van der Waals surface area contributed by atoms with Crippen LogP contribution in [0.4, 0.5) is 24.5 Å². The molecule has 8 heteroatoms. The number of amides is 1. The molecule has 1 saturated heterocycles. The smallest absolute Gasteiger partial charge is 0.395 e. The molecule has 2 aromatic rings. The van der Waals surface area contributed by atoms with Crippen molar-refractivity contribution in [1.82, 2.24) is 4.90 Å². The van der Waals surface area contributed by atoms with Gasteiger partial charge in [-0.2, -0.15) is 13.2 Å². The van der Waals surface area contributed by atoms with E-state index in [1.54, 1.807) is 6.08 Å². The van der Waals surface area contributed by atoms with E-state index in [2.05, 4.69) is 10.2 Å². The highest BCUT2D eigenvalue weighted by Gasteiger charge is 2.32. The van der Waals surface area contributed by atoms with Crippen LogP contribution in [0.1, 0.15) is 11.1 Å². The number of nitrogens with one attached hydrogen (secondary N) is 1. The van der Waals surface area contributed by atoms with Crippen LogP contribution < -0.4 is 10.2 Å². The lowest BCUT2D eigenvalue weighted by atomic mass is 10.1. The minimum atomic E-state index is -4.50. The molecule has 0 aliphatic carbocycles. The summed E-state index contributed by atoms with van der Waals surface area (Å²) in [6.45, 7) is 3.18. The molecule has 0 radical (unpaired) electrons. The summed E-state index contributed by atoms with van der Waals surface area (Å²) in [4.78, 5) is 16.4. The number of piperazine rings is 1. The second-order valence-electron chi connectivity index (χ2n) is 7.02. The molecule has 30 heavy (non-hydrogen) atoms. The Bertz CT molecular complexity index is 877. The molecule has 3 rings (SSSR count). The third kappa shape index (κ3) is 5.84. The van der Waals surface area contributed by atoms with Gasteiger partial charge in [-0.1, -0.05) is 30.3 Å². The van der Waals surface area contributed by atoms with Gasteiger partial charge < -0.3 is 15.3 Å².